The molecule has 116 valence electrons. The average molecular weight is 291 g/mol. The number of hydrazine groups is 1. The van der Waals surface area contributed by atoms with Gasteiger partial charge in [0, 0.05) is 13.1 Å². The largest absolute Gasteiger partial charge is 0.491 e. The first-order valence-corrected chi connectivity index (χ1v) is 7.47. The van der Waals surface area contributed by atoms with E-state index in [0.717, 1.165) is 19.6 Å². The first kappa shape index (κ1) is 15.8. The average Bonchev–Trinajstić information content (AvgIpc) is 2.46. The van der Waals surface area contributed by atoms with E-state index >= 15 is 0 Å². The van der Waals surface area contributed by atoms with Crippen LogP contribution in [0.4, 0.5) is 0 Å². The van der Waals surface area contributed by atoms with Crippen LogP contribution in [0.15, 0.2) is 24.3 Å². The zero-order valence-corrected chi connectivity index (χ0v) is 12.9. The number of amides is 1. The van der Waals surface area contributed by atoms with Crippen LogP contribution < -0.4 is 16.0 Å². The number of carbonyl (C=O) groups excluding carboxylic acids is 1. The fourth-order valence-electron chi connectivity index (χ4n) is 2.88. The van der Waals surface area contributed by atoms with Gasteiger partial charge in [0.1, 0.15) is 12.4 Å². The van der Waals surface area contributed by atoms with Crippen molar-refractivity contribution in [3.8, 4) is 5.75 Å². The minimum Gasteiger partial charge on any atom is -0.491 e. The first-order valence-electron chi connectivity index (χ1n) is 7.47. The van der Waals surface area contributed by atoms with E-state index in [1.165, 1.54) is 12.8 Å². The standard InChI is InChI=1S/C16H25N3O2/c1-16(2)8-5-9-19(12-16)10-11-21-14-7-4-3-6-13(14)15(20)18-17/h3-4,6-7H,5,8-12,17H2,1-2H3,(H,18,20). The lowest BCUT2D eigenvalue weighted by Crippen LogP contribution is -2.41. The Morgan fingerprint density at radius 1 is 1.43 bits per heavy atom. The van der Waals surface area contributed by atoms with Gasteiger partial charge in [-0.1, -0.05) is 26.0 Å². The highest BCUT2D eigenvalue weighted by molar-refractivity contribution is 5.96. The molecule has 1 aliphatic heterocycles. The van der Waals surface area contributed by atoms with Crippen LogP contribution in [0.2, 0.25) is 0 Å². The maximum Gasteiger partial charge on any atom is 0.268 e. The normalized spacial score (nSPS) is 18.2. The molecule has 2 rings (SSSR count). The minimum absolute atomic E-state index is 0.329. The maximum atomic E-state index is 11.7. The number of nitrogens with one attached hydrogen (secondary N) is 1. The van der Waals surface area contributed by atoms with Gasteiger partial charge in [-0.2, -0.15) is 0 Å². The van der Waals surface area contributed by atoms with E-state index in [1.807, 2.05) is 6.07 Å². The molecule has 5 nitrogen and oxygen atoms in total. The van der Waals surface area contributed by atoms with Crippen LogP contribution in [0.1, 0.15) is 37.0 Å². The Labute approximate surface area is 126 Å². The summed E-state index contributed by atoms with van der Waals surface area (Å²) in [6, 6.07) is 7.16. The molecule has 0 aliphatic carbocycles. The second kappa shape index (κ2) is 6.91. The number of piperidine rings is 1. The summed E-state index contributed by atoms with van der Waals surface area (Å²) >= 11 is 0. The molecular weight excluding hydrogens is 266 g/mol. The quantitative estimate of drug-likeness (QED) is 0.493. The van der Waals surface area contributed by atoms with Gasteiger partial charge in [-0.05, 0) is 36.9 Å². The van der Waals surface area contributed by atoms with E-state index in [1.54, 1.807) is 18.2 Å². The van der Waals surface area contributed by atoms with Crippen LogP contribution >= 0.6 is 0 Å². The summed E-state index contributed by atoms with van der Waals surface area (Å²) < 4.78 is 5.77. The molecule has 1 fully saturated rings. The summed E-state index contributed by atoms with van der Waals surface area (Å²) in [5, 5.41) is 0. The van der Waals surface area contributed by atoms with Gasteiger partial charge in [0.05, 0.1) is 5.56 Å². The van der Waals surface area contributed by atoms with Crippen LogP contribution in [-0.4, -0.2) is 37.0 Å². The Bertz CT molecular complexity index is 488. The van der Waals surface area contributed by atoms with Crippen molar-refractivity contribution in [2.75, 3.05) is 26.2 Å². The molecule has 0 bridgehead atoms. The first-order chi connectivity index (χ1) is 10.0. The van der Waals surface area contributed by atoms with Crippen LogP contribution in [0, 0.1) is 5.41 Å². The third kappa shape index (κ3) is 4.44. The molecule has 1 heterocycles. The third-order valence-corrected chi connectivity index (χ3v) is 3.91. The Morgan fingerprint density at radius 2 is 2.19 bits per heavy atom. The van der Waals surface area contributed by atoms with Crippen molar-refractivity contribution in [1.29, 1.82) is 0 Å². The summed E-state index contributed by atoms with van der Waals surface area (Å²) in [5.74, 6) is 5.44. The SMILES string of the molecule is CC1(C)CCCN(CCOc2ccccc2C(=O)NN)C1. The van der Waals surface area contributed by atoms with Crippen molar-refractivity contribution in [3.05, 3.63) is 29.8 Å². The van der Waals surface area contributed by atoms with Gasteiger partial charge < -0.3 is 4.74 Å². The second-order valence-corrected chi connectivity index (χ2v) is 6.36. The van der Waals surface area contributed by atoms with Crippen LogP contribution in [0.3, 0.4) is 0 Å². The molecule has 1 saturated heterocycles. The molecule has 1 aromatic rings. The van der Waals surface area contributed by atoms with E-state index < -0.39 is 0 Å². The Morgan fingerprint density at radius 3 is 2.90 bits per heavy atom. The molecule has 1 aliphatic rings. The highest BCUT2D eigenvalue weighted by Crippen LogP contribution is 2.28. The van der Waals surface area contributed by atoms with Crippen LogP contribution in [-0.2, 0) is 0 Å². The number of nitrogens with two attached hydrogens (primary N) is 1. The molecule has 0 radical (unpaired) electrons. The van der Waals surface area contributed by atoms with Crippen molar-refractivity contribution in [2.45, 2.75) is 26.7 Å². The molecule has 1 aromatic carbocycles. The number of para-hydroxylation sites is 1. The zero-order valence-electron chi connectivity index (χ0n) is 12.9. The monoisotopic (exact) mass is 291 g/mol. The van der Waals surface area contributed by atoms with Crippen molar-refractivity contribution in [1.82, 2.24) is 10.3 Å². The molecule has 21 heavy (non-hydrogen) atoms. The number of nitrogen functional groups attached to an aromatic ring is 1. The predicted molar refractivity (Wildman–Crippen MR) is 83.0 cm³/mol. The number of rotatable bonds is 5. The van der Waals surface area contributed by atoms with E-state index in [9.17, 15) is 4.79 Å². The molecule has 0 saturated carbocycles. The minimum atomic E-state index is -0.329. The molecule has 0 spiro atoms. The van der Waals surface area contributed by atoms with Gasteiger partial charge >= 0.3 is 0 Å². The number of benzene rings is 1. The van der Waals surface area contributed by atoms with Gasteiger partial charge in [0.25, 0.3) is 5.91 Å². The predicted octanol–water partition coefficient (Wildman–Crippen LogP) is 1.79. The maximum absolute atomic E-state index is 11.7. The Hall–Kier alpha value is -1.59. The van der Waals surface area contributed by atoms with Crippen molar-refractivity contribution >= 4 is 5.91 Å². The van der Waals surface area contributed by atoms with Crippen molar-refractivity contribution in [3.63, 3.8) is 0 Å². The Balaban J connectivity index is 1.88. The number of likely N-dealkylation sites (tertiary alicyclic amines) is 1. The Kier molecular flexibility index (Phi) is 5.20. The smallest absolute Gasteiger partial charge is 0.268 e. The molecular formula is C16H25N3O2. The highest BCUT2D eigenvalue weighted by Gasteiger charge is 2.25. The van der Waals surface area contributed by atoms with E-state index in [4.69, 9.17) is 10.6 Å². The lowest BCUT2D eigenvalue weighted by Gasteiger charge is -2.37. The number of nitrogens with zero attached hydrogens (tertiary/aromatic N) is 1. The topological polar surface area (TPSA) is 67.6 Å². The molecule has 0 aromatic heterocycles. The number of hydrogen-bond acceptors (Lipinski definition) is 4. The van der Waals surface area contributed by atoms with Gasteiger partial charge in [0.2, 0.25) is 0 Å². The summed E-state index contributed by atoms with van der Waals surface area (Å²) in [7, 11) is 0. The van der Waals surface area contributed by atoms with E-state index in [2.05, 4.69) is 24.2 Å². The van der Waals surface area contributed by atoms with Crippen LogP contribution in [0.5, 0.6) is 5.75 Å². The molecule has 0 unspecified atom stereocenters. The second-order valence-electron chi connectivity index (χ2n) is 6.36. The highest BCUT2D eigenvalue weighted by atomic mass is 16.5. The fourth-order valence-corrected chi connectivity index (χ4v) is 2.88. The summed E-state index contributed by atoms with van der Waals surface area (Å²) in [6.45, 7) is 8.29. The van der Waals surface area contributed by atoms with Crippen molar-refractivity contribution in [2.24, 2.45) is 11.3 Å². The van der Waals surface area contributed by atoms with E-state index in [-0.39, 0.29) is 5.91 Å². The number of carbonyl (C=O) groups is 1. The third-order valence-electron chi connectivity index (χ3n) is 3.91. The summed E-state index contributed by atoms with van der Waals surface area (Å²) in [4.78, 5) is 14.1. The summed E-state index contributed by atoms with van der Waals surface area (Å²) in [6.07, 6.45) is 2.52. The lowest BCUT2D eigenvalue weighted by atomic mass is 9.84. The van der Waals surface area contributed by atoms with E-state index in [0.29, 0.717) is 23.3 Å². The number of ether oxygens (including phenoxy) is 1. The lowest BCUT2D eigenvalue weighted by molar-refractivity contribution is 0.0939. The van der Waals surface area contributed by atoms with Crippen LogP contribution in [0.25, 0.3) is 0 Å². The zero-order chi connectivity index (χ0) is 15.3. The van der Waals surface area contributed by atoms with Crippen molar-refractivity contribution < 1.29 is 9.53 Å². The van der Waals surface area contributed by atoms with Gasteiger partial charge in [-0.3, -0.25) is 15.1 Å². The van der Waals surface area contributed by atoms with Gasteiger partial charge in [-0.15, -0.1) is 0 Å². The molecule has 5 heteroatoms. The summed E-state index contributed by atoms with van der Waals surface area (Å²) in [5.41, 5.74) is 3.00. The van der Waals surface area contributed by atoms with Gasteiger partial charge in [-0.25, -0.2) is 5.84 Å². The molecule has 1 amide bonds. The molecule has 0 atom stereocenters. The van der Waals surface area contributed by atoms with Gasteiger partial charge in [0.15, 0.2) is 0 Å². The molecule has 3 N–H and O–H groups in total. The number of hydrogen-bond donors (Lipinski definition) is 2. The fraction of sp³-hybridized carbons (Fsp3) is 0.562.